The van der Waals surface area contributed by atoms with Crippen molar-refractivity contribution in [1.82, 2.24) is 0 Å². The number of benzene rings is 2. The summed E-state index contributed by atoms with van der Waals surface area (Å²) in [6, 6.07) is 15.1. The highest BCUT2D eigenvalue weighted by Crippen LogP contribution is 2.18. The minimum Gasteiger partial charge on any atom is -0.497 e. The van der Waals surface area contributed by atoms with E-state index in [4.69, 9.17) is 19.5 Å². The van der Waals surface area contributed by atoms with Crippen molar-refractivity contribution < 1.29 is 23.8 Å². The fourth-order valence-corrected chi connectivity index (χ4v) is 2.02. The first-order valence-corrected chi connectivity index (χ1v) is 7.79. The van der Waals surface area contributed by atoms with E-state index in [2.05, 4.69) is 5.32 Å². The molecule has 26 heavy (non-hydrogen) atoms. The Morgan fingerprint density at radius 1 is 1.15 bits per heavy atom. The van der Waals surface area contributed by atoms with Crippen molar-refractivity contribution in [1.29, 1.82) is 5.26 Å². The van der Waals surface area contributed by atoms with E-state index in [1.165, 1.54) is 13.0 Å². The quantitative estimate of drug-likeness (QED) is 0.767. The largest absolute Gasteiger partial charge is 0.497 e. The Labute approximate surface area is 151 Å². The highest BCUT2D eigenvalue weighted by atomic mass is 16.6. The summed E-state index contributed by atoms with van der Waals surface area (Å²) in [4.78, 5) is 23.8. The maximum absolute atomic E-state index is 11.9. The number of anilines is 1. The molecule has 1 unspecified atom stereocenters. The van der Waals surface area contributed by atoms with Crippen LogP contribution in [0.25, 0.3) is 0 Å². The number of carbonyl (C=O) groups is 2. The Morgan fingerprint density at radius 3 is 2.50 bits per heavy atom. The van der Waals surface area contributed by atoms with Crippen LogP contribution < -0.4 is 14.8 Å². The molecule has 0 spiro atoms. The number of rotatable bonds is 7. The number of ether oxygens (including phenoxy) is 3. The number of carbonyl (C=O) groups excluding carboxylic acids is 2. The van der Waals surface area contributed by atoms with Gasteiger partial charge in [0.25, 0.3) is 5.91 Å². The van der Waals surface area contributed by atoms with Crippen LogP contribution in [0.4, 0.5) is 5.69 Å². The summed E-state index contributed by atoms with van der Waals surface area (Å²) in [7, 11) is 1.55. The molecule has 0 saturated carbocycles. The predicted molar refractivity (Wildman–Crippen MR) is 93.8 cm³/mol. The smallest absolute Gasteiger partial charge is 0.347 e. The number of hydrogen-bond donors (Lipinski definition) is 1. The molecular weight excluding hydrogens is 336 g/mol. The summed E-state index contributed by atoms with van der Waals surface area (Å²) < 4.78 is 15.4. The normalized spacial score (nSPS) is 11.0. The van der Waals surface area contributed by atoms with Crippen molar-refractivity contribution in [2.24, 2.45) is 0 Å². The third-order valence-electron chi connectivity index (χ3n) is 3.33. The van der Waals surface area contributed by atoms with Crippen molar-refractivity contribution in [3.05, 3.63) is 54.1 Å². The molecule has 7 nitrogen and oxygen atoms in total. The fourth-order valence-electron chi connectivity index (χ4n) is 2.02. The highest BCUT2D eigenvalue weighted by Gasteiger charge is 2.18. The number of hydrogen-bond acceptors (Lipinski definition) is 6. The first-order chi connectivity index (χ1) is 12.5. The van der Waals surface area contributed by atoms with Crippen LogP contribution in [-0.4, -0.2) is 31.7 Å². The van der Waals surface area contributed by atoms with Crippen molar-refractivity contribution in [3.63, 3.8) is 0 Å². The first-order valence-electron chi connectivity index (χ1n) is 7.79. The maximum Gasteiger partial charge on any atom is 0.347 e. The molecule has 7 heteroatoms. The molecule has 134 valence electrons. The highest BCUT2D eigenvalue weighted by molar-refractivity contribution is 5.93. The number of nitrogens with one attached hydrogen (secondary N) is 1. The van der Waals surface area contributed by atoms with E-state index < -0.39 is 24.6 Å². The van der Waals surface area contributed by atoms with E-state index in [1.54, 1.807) is 49.6 Å². The molecule has 0 heterocycles. The van der Waals surface area contributed by atoms with E-state index in [0.29, 0.717) is 22.7 Å². The third kappa shape index (κ3) is 5.53. The molecule has 0 saturated heterocycles. The van der Waals surface area contributed by atoms with Crippen LogP contribution in [0.5, 0.6) is 11.5 Å². The van der Waals surface area contributed by atoms with E-state index in [0.717, 1.165) is 0 Å². The van der Waals surface area contributed by atoms with Crippen LogP contribution in [0.1, 0.15) is 12.5 Å². The second kappa shape index (κ2) is 9.08. The van der Waals surface area contributed by atoms with Gasteiger partial charge in [0.1, 0.15) is 11.5 Å². The number of nitriles is 1. The number of amides is 1. The summed E-state index contributed by atoms with van der Waals surface area (Å²) in [5.74, 6) is -0.0235. The molecule has 2 rings (SSSR count). The average molecular weight is 354 g/mol. The fraction of sp³-hybridized carbons (Fsp3) is 0.211. The predicted octanol–water partition coefficient (Wildman–Crippen LogP) is 2.52. The van der Waals surface area contributed by atoms with Gasteiger partial charge in [0.15, 0.2) is 12.7 Å². The van der Waals surface area contributed by atoms with Gasteiger partial charge in [-0.15, -0.1) is 0 Å². The second-order valence-electron chi connectivity index (χ2n) is 5.28. The Bertz CT molecular complexity index is 811. The van der Waals surface area contributed by atoms with E-state index in [9.17, 15) is 9.59 Å². The van der Waals surface area contributed by atoms with Crippen molar-refractivity contribution in [2.45, 2.75) is 13.0 Å². The lowest BCUT2D eigenvalue weighted by atomic mass is 10.2. The molecule has 2 aromatic carbocycles. The second-order valence-corrected chi connectivity index (χ2v) is 5.28. The zero-order valence-electron chi connectivity index (χ0n) is 14.4. The maximum atomic E-state index is 11.9. The molecule has 0 bridgehead atoms. The molecule has 0 aromatic heterocycles. The van der Waals surface area contributed by atoms with Crippen LogP contribution in [0.15, 0.2) is 48.5 Å². The molecule has 0 aliphatic carbocycles. The van der Waals surface area contributed by atoms with Crippen LogP contribution >= 0.6 is 0 Å². The minimum absolute atomic E-state index is 0.418. The van der Waals surface area contributed by atoms with Gasteiger partial charge in [-0.1, -0.05) is 6.07 Å². The van der Waals surface area contributed by atoms with E-state index >= 15 is 0 Å². The van der Waals surface area contributed by atoms with Crippen LogP contribution in [-0.2, 0) is 14.3 Å². The lowest BCUT2D eigenvalue weighted by Gasteiger charge is -2.14. The molecule has 1 atom stereocenters. The average Bonchev–Trinajstić information content (AvgIpc) is 2.66. The van der Waals surface area contributed by atoms with E-state index in [1.807, 2.05) is 6.07 Å². The molecular formula is C19H18N2O5. The SMILES string of the molecule is COc1ccc(OC(C)C(=O)OCC(=O)Nc2cccc(C#N)c2)cc1. The molecule has 1 amide bonds. The topological polar surface area (TPSA) is 97.7 Å². The van der Waals surface area contributed by atoms with Crippen molar-refractivity contribution in [2.75, 3.05) is 19.0 Å². The van der Waals surface area contributed by atoms with Gasteiger partial charge < -0.3 is 19.5 Å². The van der Waals surface area contributed by atoms with Gasteiger partial charge >= 0.3 is 5.97 Å². The van der Waals surface area contributed by atoms with Gasteiger partial charge in [0, 0.05) is 5.69 Å². The van der Waals surface area contributed by atoms with Crippen molar-refractivity contribution in [3.8, 4) is 17.6 Å². The van der Waals surface area contributed by atoms with Gasteiger partial charge in [-0.05, 0) is 49.4 Å². The summed E-state index contributed by atoms with van der Waals surface area (Å²) in [6.45, 7) is 1.08. The standard InChI is InChI=1S/C19H18N2O5/c1-13(26-17-8-6-16(24-2)7-9-17)19(23)25-12-18(22)21-15-5-3-4-14(10-15)11-20/h3-10,13H,12H2,1-2H3,(H,21,22). The van der Waals surface area contributed by atoms with Gasteiger partial charge in [0.2, 0.25) is 0 Å². The Kier molecular flexibility index (Phi) is 6.57. The first kappa shape index (κ1) is 18.8. The lowest BCUT2D eigenvalue weighted by molar-refractivity contribution is -0.153. The monoisotopic (exact) mass is 354 g/mol. The molecule has 0 aliphatic rings. The third-order valence-corrected chi connectivity index (χ3v) is 3.33. The number of esters is 1. The Morgan fingerprint density at radius 2 is 1.85 bits per heavy atom. The Balaban J connectivity index is 1.80. The number of nitrogens with zero attached hydrogens (tertiary/aromatic N) is 1. The summed E-state index contributed by atoms with van der Waals surface area (Å²) in [6.07, 6.45) is -0.877. The van der Waals surface area contributed by atoms with Gasteiger partial charge in [-0.3, -0.25) is 4.79 Å². The van der Waals surface area contributed by atoms with Crippen LogP contribution in [0.3, 0.4) is 0 Å². The summed E-state index contributed by atoms with van der Waals surface area (Å²) in [5, 5.41) is 11.4. The summed E-state index contributed by atoms with van der Waals surface area (Å²) in [5.41, 5.74) is 0.869. The number of methoxy groups -OCH3 is 1. The molecule has 0 radical (unpaired) electrons. The minimum atomic E-state index is -0.877. The van der Waals surface area contributed by atoms with Crippen molar-refractivity contribution >= 4 is 17.6 Å². The lowest BCUT2D eigenvalue weighted by Crippen LogP contribution is -2.29. The van der Waals surface area contributed by atoms with Gasteiger partial charge in [0.05, 0.1) is 18.7 Å². The molecule has 1 N–H and O–H groups in total. The van der Waals surface area contributed by atoms with Gasteiger partial charge in [-0.25, -0.2) is 4.79 Å². The van der Waals surface area contributed by atoms with Gasteiger partial charge in [-0.2, -0.15) is 5.26 Å². The van der Waals surface area contributed by atoms with Crippen LogP contribution in [0.2, 0.25) is 0 Å². The molecule has 0 aliphatic heterocycles. The zero-order valence-corrected chi connectivity index (χ0v) is 14.4. The van der Waals surface area contributed by atoms with E-state index in [-0.39, 0.29) is 0 Å². The zero-order chi connectivity index (χ0) is 18.9. The Hall–Kier alpha value is -3.53. The molecule has 2 aromatic rings. The molecule has 0 fully saturated rings. The van der Waals surface area contributed by atoms with Crippen LogP contribution in [0, 0.1) is 11.3 Å². The summed E-state index contributed by atoms with van der Waals surface area (Å²) >= 11 is 0.